The second-order valence-electron chi connectivity index (χ2n) is 3.01. The van der Waals surface area contributed by atoms with Crippen molar-refractivity contribution in [2.75, 3.05) is 0 Å². The van der Waals surface area contributed by atoms with Crippen molar-refractivity contribution in [2.45, 2.75) is 6.92 Å². The molecule has 0 bridgehead atoms. The number of fused-ring (bicyclic) bond motifs is 1. The summed E-state index contributed by atoms with van der Waals surface area (Å²) in [6, 6.07) is 3.60. The van der Waals surface area contributed by atoms with Gasteiger partial charge in [0.2, 0.25) is 0 Å². The Kier molecular flexibility index (Phi) is 2.58. The molecule has 0 aliphatic heterocycles. The summed E-state index contributed by atoms with van der Waals surface area (Å²) in [5.74, 6) is -0.254. The van der Waals surface area contributed by atoms with Gasteiger partial charge in [0.1, 0.15) is 5.52 Å². The van der Waals surface area contributed by atoms with Crippen molar-refractivity contribution in [1.82, 2.24) is 4.98 Å². The van der Waals surface area contributed by atoms with Gasteiger partial charge in [-0.05, 0) is 44.3 Å². The van der Waals surface area contributed by atoms with E-state index < -0.39 is 0 Å². The van der Waals surface area contributed by atoms with Gasteiger partial charge in [-0.15, -0.1) is 0 Å². The van der Waals surface area contributed by atoms with Gasteiger partial charge < -0.3 is 0 Å². The molecule has 72 valence electrons. The van der Waals surface area contributed by atoms with Crippen LogP contribution in [0.25, 0.3) is 10.9 Å². The number of aryl methyl sites for hydroxylation is 1. The Morgan fingerprint density at radius 1 is 1.29 bits per heavy atom. The minimum absolute atomic E-state index is 0.254. The van der Waals surface area contributed by atoms with Crippen molar-refractivity contribution in [3.63, 3.8) is 0 Å². The van der Waals surface area contributed by atoms with Crippen LogP contribution in [0, 0.1) is 12.7 Å². The third-order valence-electron chi connectivity index (χ3n) is 2.06. The summed E-state index contributed by atoms with van der Waals surface area (Å²) < 4.78 is 15.3. The van der Waals surface area contributed by atoms with E-state index in [4.69, 9.17) is 0 Å². The first-order valence-corrected chi connectivity index (χ1v) is 5.58. The van der Waals surface area contributed by atoms with Crippen LogP contribution in [0.2, 0.25) is 0 Å². The van der Waals surface area contributed by atoms with Crippen molar-refractivity contribution in [3.8, 4) is 0 Å². The first kappa shape index (κ1) is 10.1. The van der Waals surface area contributed by atoms with Crippen molar-refractivity contribution in [1.29, 1.82) is 0 Å². The topological polar surface area (TPSA) is 12.9 Å². The van der Waals surface area contributed by atoms with Crippen LogP contribution in [-0.2, 0) is 0 Å². The fraction of sp³-hybridized carbons (Fsp3) is 0.100. The second kappa shape index (κ2) is 3.59. The number of benzene rings is 1. The van der Waals surface area contributed by atoms with Gasteiger partial charge in [0.25, 0.3) is 0 Å². The van der Waals surface area contributed by atoms with E-state index in [0.717, 1.165) is 14.3 Å². The zero-order chi connectivity index (χ0) is 10.3. The Labute approximate surface area is 97.6 Å². The van der Waals surface area contributed by atoms with Crippen LogP contribution in [-0.4, -0.2) is 4.98 Å². The predicted octanol–water partition coefficient (Wildman–Crippen LogP) is 4.21. The number of halogens is 3. The highest BCUT2D eigenvalue weighted by Crippen LogP contribution is 2.31. The van der Waals surface area contributed by atoms with E-state index in [2.05, 4.69) is 36.8 Å². The van der Waals surface area contributed by atoms with Gasteiger partial charge >= 0.3 is 0 Å². The average Bonchev–Trinajstić information content (AvgIpc) is 2.17. The molecule has 4 heteroatoms. The Balaban J connectivity index is 2.94. The molecule has 0 aliphatic rings. The Morgan fingerprint density at radius 3 is 2.71 bits per heavy atom. The monoisotopic (exact) mass is 317 g/mol. The Hall–Kier alpha value is -0.480. The largest absolute Gasteiger partial charge is 0.252 e. The number of nitrogens with zero attached hydrogens (tertiary/aromatic N) is 1. The zero-order valence-corrected chi connectivity index (χ0v) is 10.5. The minimum atomic E-state index is -0.254. The van der Waals surface area contributed by atoms with E-state index >= 15 is 0 Å². The molecule has 1 heterocycles. The molecular formula is C10H6Br2FN. The molecule has 0 N–H and O–H groups in total. The molecule has 0 fully saturated rings. The fourth-order valence-electron chi connectivity index (χ4n) is 1.28. The zero-order valence-electron chi connectivity index (χ0n) is 7.31. The van der Waals surface area contributed by atoms with Crippen LogP contribution in [0.3, 0.4) is 0 Å². The molecule has 0 spiro atoms. The predicted molar refractivity (Wildman–Crippen MR) is 61.8 cm³/mol. The van der Waals surface area contributed by atoms with Gasteiger partial charge in [0, 0.05) is 16.1 Å². The average molecular weight is 319 g/mol. The third kappa shape index (κ3) is 1.46. The number of aromatic nitrogens is 1. The van der Waals surface area contributed by atoms with Crippen molar-refractivity contribution in [3.05, 3.63) is 38.7 Å². The molecule has 0 saturated heterocycles. The highest BCUT2D eigenvalue weighted by Gasteiger charge is 2.09. The summed E-state index contributed by atoms with van der Waals surface area (Å²) in [6.07, 6.45) is 1.59. The maximum absolute atomic E-state index is 13.6. The molecular weight excluding hydrogens is 313 g/mol. The third-order valence-corrected chi connectivity index (χ3v) is 4.05. The summed E-state index contributed by atoms with van der Waals surface area (Å²) in [4.78, 5) is 4.05. The summed E-state index contributed by atoms with van der Waals surface area (Å²) in [6.45, 7) is 1.73. The second-order valence-corrected chi connectivity index (χ2v) is 4.66. The molecule has 1 nitrogen and oxygen atoms in total. The summed E-state index contributed by atoms with van der Waals surface area (Å²) in [5.41, 5.74) is 1.01. The number of hydrogen-bond acceptors (Lipinski definition) is 1. The van der Waals surface area contributed by atoms with E-state index in [1.165, 1.54) is 0 Å². The van der Waals surface area contributed by atoms with Crippen molar-refractivity contribution >= 4 is 42.8 Å². The van der Waals surface area contributed by atoms with Gasteiger partial charge in [-0.25, -0.2) is 4.39 Å². The lowest BCUT2D eigenvalue weighted by molar-refractivity contribution is 0.627. The smallest absolute Gasteiger partial charge is 0.152 e. The summed E-state index contributed by atoms with van der Waals surface area (Å²) >= 11 is 6.71. The van der Waals surface area contributed by atoms with Crippen LogP contribution in [0.5, 0.6) is 0 Å². The molecule has 0 radical (unpaired) electrons. The fourth-order valence-corrected chi connectivity index (χ4v) is 2.01. The molecule has 2 rings (SSSR count). The maximum Gasteiger partial charge on any atom is 0.152 e. The van der Waals surface area contributed by atoms with Crippen LogP contribution >= 0.6 is 31.9 Å². The summed E-state index contributed by atoms with van der Waals surface area (Å²) in [7, 11) is 0. The summed E-state index contributed by atoms with van der Waals surface area (Å²) in [5, 5.41) is 0.780. The van der Waals surface area contributed by atoms with Crippen LogP contribution < -0.4 is 0 Å². The first-order chi connectivity index (χ1) is 6.61. The van der Waals surface area contributed by atoms with Crippen molar-refractivity contribution in [2.24, 2.45) is 0 Å². The van der Waals surface area contributed by atoms with Gasteiger partial charge in [-0.1, -0.05) is 12.1 Å². The molecule has 2 aromatic rings. The van der Waals surface area contributed by atoms with E-state index in [9.17, 15) is 4.39 Å². The Morgan fingerprint density at radius 2 is 2.00 bits per heavy atom. The quantitative estimate of drug-likeness (QED) is 0.709. The molecule has 0 saturated carbocycles. The molecule has 0 aliphatic carbocycles. The van der Waals surface area contributed by atoms with E-state index in [1.807, 2.05) is 6.07 Å². The van der Waals surface area contributed by atoms with Gasteiger partial charge in [-0.3, -0.25) is 4.98 Å². The van der Waals surface area contributed by atoms with E-state index in [1.54, 1.807) is 19.2 Å². The van der Waals surface area contributed by atoms with Crippen LogP contribution in [0.15, 0.2) is 27.3 Å². The minimum Gasteiger partial charge on any atom is -0.252 e. The highest BCUT2D eigenvalue weighted by molar-refractivity contribution is 9.13. The number of pyridine rings is 1. The molecule has 1 aromatic carbocycles. The molecule has 1 aromatic heterocycles. The molecule has 14 heavy (non-hydrogen) atoms. The van der Waals surface area contributed by atoms with Gasteiger partial charge in [0.05, 0.1) is 4.47 Å². The van der Waals surface area contributed by atoms with E-state index in [-0.39, 0.29) is 5.82 Å². The molecule has 0 atom stereocenters. The van der Waals surface area contributed by atoms with Crippen LogP contribution in [0.4, 0.5) is 4.39 Å². The van der Waals surface area contributed by atoms with Crippen LogP contribution in [0.1, 0.15) is 5.56 Å². The lowest BCUT2D eigenvalue weighted by Crippen LogP contribution is -1.89. The molecule has 0 amide bonds. The lowest BCUT2D eigenvalue weighted by atomic mass is 10.1. The number of hydrogen-bond donors (Lipinski definition) is 0. The van der Waals surface area contributed by atoms with Gasteiger partial charge in [0.15, 0.2) is 5.82 Å². The Bertz CT molecular complexity index is 464. The number of rotatable bonds is 0. The van der Waals surface area contributed by atoms with Crippen molar-refractivity contribution < 1.29 is 4.39 Å². The first-order valence-electron chi connectivity index (χ1n) is 4.00. The van der Waals surface area contributed by atoms with Gasteiger partial charge in [-0.2, -0.15) is 0 Å². The standard InChI is InChI=1S/C10H6Br2FN/c1-5-2-3-6-8(12)7(11)4-14-10(6)9(5)13/h2-4H,1H3. The normalized spacial score (nSPS) is 10.9. The maximum atomic E-state index is 13.6. The van der Waals surface area contributed by atoms with E-state index in [0.29, 0.717) is 11.1 Å². The lowest BCUT2D eigenvalue weighted by Gasteiger charge is -2.04. The highest BCUT2D eigenvalue weighted by atomic mass is 79.9. The molecule has 0 unspecified atom stereocenters. The SMILES string of the molecule is Cc1ccc2c(Br)c(Br)cnc2c1F.